The lowest BCUT2D eigenvalue weighted by Crippen LogP contribution is -1.99. The standard InChI is InChI=1S/C18H16ClF3N2/c19-15-8-10(20)4-5-13(15)17-12(3-1-2-6-23)14-7-11(21)9-16(22)18(14)24-17/h4-5,7-9,24H,1-3,6,23H2. The third kappa shape index (κ3) is 3.14. The van der Waals surface area contributed by atoms with Crippen molar-refractivity contribution in [3.05, 3.63) is 58.4 Å². The Morgan fingerprint density at radius 1 is 1.00 bits per heavy atom. The fourth-order valence-electron chi connectivity index (χ4n) is 2.90. The molecule has 24 heavy (non-hydrogen) atoms. The van der Waals surface area contributed by atoms with Gasteiger partial charge in [-0.3, -0.25) is 0 Å². The van der Waals surface area contributed by atoms with Crippen molar-refractivity contribution in [1.82, 2.24) is 4.98 Å². The highest BCUT2D eigenvalue weighted by molar-refractivity contribution is 6.33. The lowest BCUT2D eigenvalue weighted by molar-refractivity contribution is 0.591. The van der Waals surface area contributed by atoms with Crippen molar-refractivity contribution in [2.24, 2.45) is 5.73 Å². The highest BCUT2D eigenvalue weighted by Crippen LogP contribution is 2.36. The molecular formula is C18H16ClF3N2. The summed E-state index contributed by atoms with van der Waals surface area (Å²) in [4.78, 5) is 2.98. The molecule has 0 unspecified atom stereocenters. The van der Waals surface area contributed by atoms with Crippen molar-refractivity contribution in [2.45, 2.75) is 19.3 Å². The monoisotopic (exact) mass is 352 g/mol. The van der Waals surface area contributed by atoms with Gasteiger partial charge in [0.25, 0.3) is 0 Å². The molecule has 0 saturated heterocycles. The van der Waals surface area contributed by atoms with Crippen molar-refractivity contribution in [1.29, 1.82) is 0 Å². The number of unbranched alkanes of at least 4 members (excludes halogenated alkanes) is 1. The SMILES string of the molecule is NCCCCc1c(-c2ccc(F)cc2Cl)[nH]c2c(F)cc(F)cc12. The molecule has 0 fully saturated rings. The number of hydrogen-bond acceptors (Lipinski definition) is 1. The van der Waals surface area contributed by atoms with E-state index in [1.165, 1.54) is 24.3 Å². The van der Waals surface area contributed by atoms with Crippen LogP contribution in [0.4, 0.5) is 13.2 Å². The molecule has 6 heteroatoms. The Morgan fingerprint density at radius 3 is 2.50 bits per heavy atom. The summed E-state index contributed by atoms with van der Waals surface area (Å²) in [6.45, 7) is 0.539. The maximum absolute atomic E-state index is 14.1. The van der Waals surface area contributed by atoms with E-state index in [1.807, 2.05) is 0 Å². The van der Waals surface area contributed by atoms with Gasteiger partial charge in [0.1, 0.15) is 17.5 Å². The Hall–Kier alpha value is -1.98. The molecule has 126 valence electrons. The summed E-state index contributed by atoms with van der Waals surface area (Å²) in [5, 5.41) is 0.683. The molecule has 3 N–H and O–H groups in total. The summed E-state index contributed by atoms with van der Waals surface area (Å²) < 4.78 is 41.1. The van der Waals surface area contributed by atoms with E-state index in [-0.39, 0.29) is 10.5 Å². The highest BCUT2D eigenvalue weighted by atomic mass is 35.5. The molecule has 0 bridgehead atoms. The number of hydrogen-bond donors (Lipinski definition) is 2. The predicted molar refractivity (Wildman–Crippen MR) is 90.6 cm³/mol. The maximum Gasteiger partial charge on any atom is 0.150 e. The molecule has 1 heterocycles. The van der Waals surface area contributed by atoms with Gasteiger partial charge in [-0.05, 0) is 55.6 Å². The first-order chi connectivity index (χ1) is 11.5. The predicted octanol–water partition coefficient (Wildman–Crippen LogP) is 5.19. The molecule has 2 nitrogen and oxygen atoms in total. The van der Waals surface area contributed by atoms with E-state index in [4.69, 9.17) is 17.3 Å². The zero-order valence-electron chi connectivity index (χ0n) is 12.8. The van der Waals surface area contributed by atoms with Crippen LogP contribution in [0.3, 0.4) is 0 Å². The van der Waals surface area contributed by atoms with Crippen molar-refractivity contribution in [3.8, 4) is 11.3 Å². The van der Waals surface area contributed by atoms with Gasteiger partial charge in [0.15, 0.2) is 0 Å². The van der Waals surface area contributed by atoms with Gasteiger partial charge < -0.3 is 10.7 Å². The second-order valence-corrected chi connectivity index (χ2v) is 6.07. The van der Waals surface area contributed by atoms with Crippen LogP contribution >= 0.6 is 11.6 Å². The first kappa shape index (κ1) is 16.9. The van der Waals surface area contributed by atoms with Gasteiger partial charge in [-0.25, -0.2) is 13.2 Å². The lowest BCUT2D eigenvalue weighted by atomic mass is 10.00. The summed E-state index contributed by atoms with van der Waals surface area (Å²) in [7, 11) is 0. The zero-order valence-corrected chi connectivity index (χ0v) is 13.6. The molecule has 3 rings (SSSR count). The summed E-state index contributed by atoms with van der Waals surface area (Å²) in [5.41, 5.74) is 7.63. The van der Waals surface area contributed by atoms with Crippen LogP contribution in [0.15, 0.2) is 30.3 Å². The number of rotatable bonds is 5. The number of fused-ring (bicyclic) bond motifs is 1. The number of aryl methyl sites for hydroxylation is 1. The summed E-state index contributed by atoms with van der Waals surface area (Å²) in [5.74, 6) is -1.77. The topological polar surface area (TPSA) is 41.8 Å². The van der Waals surface area contributed by atoms with Crippen LogP contribution in [-0.4, -0.2) is 11.5 Å². The zero-order chi connectivity index (χ0) is 17.3. The maximum atomic E-state index is 14.1. The smallest absolute Gasteiger partial charge is 0.150 e. The van der Waals surface area contributed by atoms with Gasteiger partial charge in [0, 0.05) is 17.0 Å². The van der Waals surface area contributed by atoms with E-state index in [0.717, 1.165) is 24.5 Å². The van der Waals surface area contributed by atoms with Crippen molar-refractivity contribution < 1.29 is 13.2 Å². The number of nitrogens with one attached hydrogen (secondary N) is 1. The molecule has 0 spiro atoms. The third-order valence-electron chi connectivity index (χ3n) is 4.01. The van der Waals surface area contributed by atoms with Crippen LogP contribution in [0.25, 0.3) is 22.2 Å². The first-order valence-corrected chi connectivity index (χ1v) is 8.04. The van der Waals surface area contributed by atoms with Gasteiger partial charge >= 0.3 is 0 Å². The molecule has 0 atom stereocenters. The van der Waals surface area contributed by atoms with Crippen LogP contribution in [0.5, 0.6) is 0 Å². The molecule has 2 aromatic carbocycles. The van der Waals surface area contributed by atoms with Crippen molar-refractivity contribution in [3.63, 3.8) is 0 Å². The van der Waals surface area contributed by atoms with E-state index in [0.29, 0.717) is 29.6 Å². The van der Waals surface area contributed by atoms with E-state index in [1.54, 1.807) is 0 Å². The largest absolute Gasteiger partial charge is 0.352 e. The number of halogens is 4. The highest BCUT2D eigenvalue weighted by Gasteiger charge is 2.18. The molecule has 0 amide bonds. The number of H-pyrrole nitrogens is 1. The van der Waals surface area contributed by atoms with Crippen molar-refractivity contribution in [2.75, 3.05) is 6.54 Å². The van der Waals surface area contributed by atoms with Crippen LogP contribution in [0.1, 0.15) is 18.4 Å². The minimum Gasteiger partial charge on any atom is -0.352 e. The second-order valence-electron chi connectivity index (χ2n) is 5.66. The van der Waals surface area contributed by atoms with Gasteiger partial charge in [0.2, 0.25) is 0 Å². The third-order valence-corrected chi connectivity index (χ3v) is 4.33. The van der Waals surface area contributed by atoms with Crippen LogP contribution in [-0.2, 0) is 6.42 Å². The average molecular weight is 353 g/mol. The van der Waals surface area contributed by atoms with E-state index >= 15 is 0 Å². The molecule has 0 aliphatic rings. The lowest BCUT2D eigenvalue weighted by Gasteiger charge is -2.07. The summed E-state index contributed by atoms with van der Waals surface area (Å²) in [6.07, 6.45) is 2.15. The summed E-state index contributed by atoms with van der Waals surface area (Å²) in [6, 6.07) is 6.14. The number of nitrogens with two attached hydrogens (primary N) is 1. The van der Waals surface area contributed by atoms with Gasteiger partial charge in [-0.1, -0.05) is 11.6 Å². The Kier molecular flexibility index (Phi) is 4.83. The Bertz CT molecular complexity index is 890. The Morgan fingerprint density at radius 2 is 1.79 bits per heavy atom. The van der Waals surface area contributed by atoms with Crippen LogP contribution < -0.4 is 5.73 Å². The molecule has 0 saturated carbocycles. The fraction of sp³-hybridized carbons (Fsp3) is 0.222. The van der Waals surface area contributed by atoms with E-state index in [2.05, 4.69) is 4.98 Å². The molecule has 0 aliphatic heterocycles. The Balaban J connectivity index is 2.21. The molecule has 0 radical (unpaired) electrons. The molecule has 0 aliphatic carbocycles. The minimum absolute atomic E-state index is 0.211. The molecule has 3 aromatic rings. The number of benzene rings is 2. The normalized spacial score (nSPS) is 11.4. The number of aromatic nitrogens is 1. The van der Waals surface area contributed by atoms with Gasteiger partial charge in [-0.15, -0.1) is 0 Å². The van der Waals surface area contributed by atoms with Crippen LogP contribution in [0.2, 0.25) is 5.02 Å². The average Bonchev–Trinajstić information content (AvgIpc) is 2.86. The van der Waals surface area contributed by atoms with E-state index in [9.17, 15) is 13.2 Å². The number of aromatic amines is 1. The second kappa shape index (κ2) is 6.87. The van der Waals surface area contributed by atoms with Gasteiger partial charge in [0.05, 0.1) is 16.2 Å². The summed E-state index contributed by atoms with van der Waals surface area (Å²) >= 11 is 6.15. The first-order valence-electron chi connectivity index (χ1n) is 7.66. The quantitative estimate of drug-likeness (QED) is 0.610. The Labute approximate surface area is 142 Å². The molecular weight excluding hydrogens is 337 g/mol. The van der Waals surface area contributed by atoms with E-state index < -0.39 is 17.5 Å². The fourth-order valence-corrected chi connectivity index (χ4v) is 3.16. The van der Waals surface area contributed by atoms with Crippen molar-refractivity contribution >= 4 is 22.5 Å². The van der Waals surface area contributed by atoms with Crippen LogP contribution in [0, 0.1) is 17.5 Å². The minimum atomic E-state index is -0.672. The molecule has 1 aromatic heterocycles. The van der Waals surface area contributed by atoms with Gasteiger partial charge in [-0.2, -0.15) is 0 Å².